The molecule has 1 saturated carbocycles. The van der Waals surface area contributed by atoms with Crippen LogP contribution in [0.1, 0.15) is 24.5 Å². The summed E-state index contributed by atoms with van der Waals surface area (Å²) in [6.07, 6.45) is 1.01. The monoisotopic (exact) mass is 242 g/mol. The molecule has 94 valence electrons. The Kier molecular flexibility index (Phi) is 4.01. The van der Waals surface area contributed by atoms with Gasteiger partial charge < -0.3 is 11.1 Å². The first kappa shape index (κ1) is 12.7. The molecule has 0 saturated heterocycles. The number of hydrogen-bond donors (Lipinski definition) is 2. The first-order valence-electron chi connectivity index (χ1n) is 6.27. The first-order valence-corrected chi connectivity index (χ1v) is 6.27. The lowest BCUT2D eigenvalue weighted by Crippen LogP contribution is -2.25. The van der Waals surface area contributed by atoms with Gasteiger partial charge in [-0.2, -0.15) is 0 Å². The number of benzene rings is 1. The lowest BCUT2D eigenvalue weighted by atomic mass is 10.1. The molecule has 0 heterocycles. The zero-order valence-electron chi connectivity index (χ0n) is 10.6. The van der Waals surface area contributed by atoms with Crippen LogP contribution in [0.25, 0.3) is 0 Å². The molecule has 1 aromatic carbocycles. The number of nitrogens with one attached hydrogen (secondary N) is 1. The Morgan fingerprint density at radius 2 is 2.22 bits per heavy atom. The number of hydrogen-bond acceptors (Lipinski definition) is 2. The Hall–Kier alpha value is -1.79. The third-order valence-electron chi connectivity index (χ3n) is 3.24. The molecule has 18 heavy (non-hydrogen) atoms. The van der Waals surface area contributed by atoms with Gasteiger partial charge in [-0.3, -0.25) is 4.79 Å². The van der Waals surface area contributed by atoms with Crippen LogP contribution < -0.4 is 11.1 Å². The van der Waals surface area contributed by atoms with Gasteiger partial charge >= 0.3 is 0 Å². The molecule has 0 aromatic heterocycles. The highest BCUT2D eigenvalue weighted by atomic mass is 16.2. The number of carbonyl (C=O) groups is 1. The number of nitrogens with two attached hydrogens (primary N) is 1. The van der Waals surface area contributed by atoms with E-state index in [1.54, 1.807) is 0 Å². The van der Waals surface area contributed by atoms with Crippen LogP contribution in [0.2, 0.25) is 0 Å². The summed E-state index contributed by atoms with van der Waals surface area (Å²) in [6.45, 7) is 2.99. The van der Waals surface area contributed by atoms with Crippen LogP contribution in [0.5, 0.6) is 0 Å². The molecule has 1 aliphatic carbocycles. The maximum Gasteiger partial charge on any atom is 0.223 e. The third-order valence-corrected chi connectivity index (χ3v) is 3.24. The molecule has 0 spiro atoms. The Morgan fingerprint density at radius 1 is 1.50 bits per heavy atom. The van der Waals surface area contributed by atoms with Gasteiger partial charge in [0.2, 0.25) is 5.91 Å². The van der Waals surface area contributed by atoms with Crippen LogP contribution in [0.15, 0.2) is 24.3 Å². The van der Waals surface area contributed by atoms with E-state index in [0.717, 1.165) is 17.5 Å². The second-order valence-corrected chi connectivity index (χ2v) is 4.70. The van der Waals surface area contributed by atoms with Crippen LogP contribution in [-0.2, 0) is 11.3 Å². The van der Waals surface area contributed by atoms with Gasteiger partial charge in [0.25, 0.3) is 0 Å². The van der Waals surface area contributed by atoms with Crippen LogP contribution in [0.4, 0.5) is 0 Å². The van der Waals surface area contributed by atoms with Crippen molar-refractivity contribution in [2.45, 2.75) is 19.9 Å². The minimum absolute atomic E-state index is 0.157. The van der Waals surface area contributed by atoms with E-state index in [1.165, 1.54) is 0 Å². The van der Waals surface area contributed by atoms with Gasteiger partial charge in [0.1, 0.15) is 0 Å². The van der Waals surface area contributed by atoms with Gasteiger partial charge in [0.15, 0.2) is 0 Å². The highest BCUT2D eigenvalue weighted by Gasteiger charge is 2.38. The maximum atomic E-state index is 11.7. The van der Waals surface area contributed by atoms with Crippen LogP contribution in [0.3, 0.4) is 0 Å². The fourth-order valence-corrected chi connectivity index (χ4v) is 1.94. The van der Waals surface area contributed by atoms with Crippen molar-refractivity contribution in [2.75, 3.05) is 6.54 Å². The van der Waals surface area contributed by atoms with Gasteiger partial charge in [-0.1, -0.05) is 37.0 Å². The van der Waals surface area contributed by atoms with Crippen molar-refractivity contribution in [2.24, 2.45) is 17.6 Å². The molecule has 3 heteroatoms. The van der Waals surface area contributed by atoms with Crippen LogP contribution in [-0.4, -0.2) is 12.5 Å². The molecule has 1 fully saturated rings. The van der Waals surface area contributed by atoms with E-state index in [2.05, 4.69) is 24.1 Å². The van der Waals surface area contributed by atoms with Crippen molar-refractivity contribution < 1.29 is 4.79 Å². The third kappa shape index (κ3) is 3.12. The topological polar surface area (TPSA) is 55.1 Å². The van der Waals surface area contributed by atoms with Gasteiger partial charge in [0.05, 0.1) is 6.54 Å². The minimum Gasteiger partial charge on any atom is -0.352 e. The van der Waals surface area contributed by atoms with Crippen molar-refractivity contribution in [3.63, 3.8) is 0 Å². The molecule has 2 rings (SSSR count). The number of amides is 1. The molecule has 2 atom stereocenters. The van der Waals surface area contributed by atoms with E-state index >= 15 is 0 Å². The summed E-state index contributed by atoms with van der Waals surface area (Å²) >= 11 is 0. The molecule has 1 amide bonds. The molecule has 0 radical (unpaired) electrons. The largest absolute Gasteiger partial charge is 0.352 e. The van der Waals surface area contributed by atoms with E-state index in [-0.39, 0.29) is 11.8 Å². The fourth-order valence-electron chi connectivity index (χ4n) is 1.94. The summed E-state index contributed by atoms with van der Waals surface area (Å²) < 4.78 is 0. The molecule has 1 aromatic rings. The molecule has 3 nitrogen and oxygen atoms in total. The Bertz CT molecular complexity index is 499. The Labute approximate surface area is 108 Å². The van der Waals surface area contributed by atoms with Crippen LogP contribution >= 0.6 is 0 Å². The zero-order chi connectivity index (χ0) is 13.0. The molecular formula is C15H18N2O. The average molecular weight is 242 g/mol. The van der Waals surface area contributed by atoms with E-state index in [1.807, 2.05) is 24.3 Å². The summed E-state index contributed by atoms with van der Waals surface area (Å²) in [7, 11) is 0. The highest BCUT2D eigenvalue weighted by Crippen LogP contribution is 2.37. The lowest BCUT2D eigenvalue weighted by molar-refractivity contribution is -0.122. The van der Waals surface area contributed by atoms with E-state index in [9.17, 15) is 4.79 Å². The molecule has 0 aliphatic heterocycles. The summed E-state index contributed by atoms with van der Waals surface area (Å²) in [5, 5.41) is 2.97. The van der Waals surface area contributed by atoms with Crippen molar-refractivity contribution in [1.82, 2.24) is 5.32 Å². The highest BCUT2D eigenvalue weighted by molar-refractivity contribution is 5.81. The first-order chi connectivity index (χ1) is 8.72. The standard InChI is InChI=1S/C15H18N2O/c1-11-9-14(11)15(18)17-10-13-6-3-2-5-12(13)7-4-8-16/h2-3,5-6,11,14H,8-10,16H2,1H3,(H,17,18). The van der Waals surface area contributed by atoms with E-state index in [4.69, 9.17) is 5.73 Å². The number of rotatable bonds is 3. The van der Waals surface area contributed by atoms with Crippen molar-refractivity contribution in [1.29, 1.82) is 0 Å². The fraction of sp³-hybridized carbons (Fsp3) is 0.400. The smallest absolute Gasteiger partial charge is 0.223 e. The molecule has 1 aliphatic rings. The van der Waals surface area contributed by atoms with Gasteiger partial charge in [-0.05, 0) is 24.0 Å². The van der Waals surface area contributed by atoms with Gasteiger partial charge in [-0.15, -0.1) is 0 Å². The molecule has 2 unspecified atom stereocenters. The van der Waals surface area contributed by atoms with Gasteiger partial charge in [0, 0.05) is 18.0 Å². The molecular weight excluding hydrogens is 224 g/mol. The summed E-state index contributed by atoms with van der Waals surface area (Å²) in [4.78, 5) is 11.7. The lowest BCUT2D eigenvalue weighted by Gasteiger charge is -2.06. The average Bonchev–Trinajstić information content (AvgIpc) is 3.11. The zero-order valence-corrected chi connectivity index (χ0v) is 10.6. The second-order valence-electron chi connectivity index (χ2n) is 4.70. The quantitative estimate of drug-likeness (QED) is 0.784. The van der Waals surface area contributed by atoms with E-state index < -0.39 is 0 Å². The second kappa shape index (κ2) is 5.70. The Balaban J connectivity index is 1.98. The van der Waals surface area contributed by atoms with E-state index in [0.29, 0.717) is 19.0 Å². The summed E-state index contributed by atoms with van der Waals surface area (Å²) in [5.41, 5.74) is 7.35. The van der Waals surface area contributed by atoms with Crippen molar-refractivity contribution >= 4 is 5.91 Å². The summed E-state index contributed by atoms with van der Waals surface area (Å²) in [6, 6.07) is 7.82. The summed E-state index contributed by atoms with van der Waals surface area (Å²) in [5.74, 6) is 6.77. The predicted molar refractivity (Wildman–Crippen MR) is 71.5 cm³/mol. The maximum absolute atomic E-state index is 11.7. The minimum atomic E-state index is 0.157. The van der Waals surface area contributed by atoms with Crippen LogP contribution in [0, 0.1) is 23.7 Å². The van der Waals surface area contributed by atoms with Gasteiger partial charge in [-0.25, -0.2) is 0 Å². The van der Waals surface area contributed by atoms with Crippen molar-refractivity contribution in [3.05, 3.63) is 35.4 Å². The normalized spacial score (nSPS) is 20.8. The number of carbonyl (C=O) groups excluding carboxylic acids is 1. The molecule has 0 bridgehead atoms. The van der Waals surface area contributed by atoms with Crippen molar-refractivity contribution in [3.8, 4) is 11.8 Å². The predicted octanol–water partition coefficient (Wildman–Crippen LogP) is 1.27. The Morgan fingerprint density at radius 3 is 2.89 bits per heavy atom. The SMILES string of the molecule is CC1CC1C(=O)NCc1ccccc1C#CCN. The molecule has 3 N–H and O–H groups in total.